The van der Waals surface area contributed by atoms with Crippen LogP contribution in [0.2, 0.25) is 0 Å². The van der Waals surface area contributed by atoms with Crippen LogP contribution in [0.5, 0.6) is 0 Å². The Balaban J connectivity index is 1.82. The smallest absolute Gasteiger partial charge is 0.323 e. The number of aryl methyl sites for hydroxylation is 2. The molecule has 1 N–H and O–H groups in total. The van der Waals surface area contributed by atoms with Crippen molar-refractivity contribution in [2.75, 3.05) is 19.8 Å². The zero-order valence-electron chi connectivity index (χ0n) is 15.0. The summed E-state index contributed by atoms with van der Waals surface area (Å²) in [5.41, 5.74) is 3.28. The van der Waals surface area contributed by atoms with Crippen molar-refractivity contribution in [2.24, 2.45) is 0 Å². The Morgan fingerprint density at radius 1 is 1.23 bits per heavy atom. The molecule has 1 fully saturated rings. The first-order valence-electron chi connectivity index (χ1n) is 8.70. The number of aliphatic carboxylic acids is 1. The molecule has 0 unspecified atom stereocenters. The molecule has 0 aliphatic carbocycles. The minimum Gasteiger partial charge on any atom is -0.480 e. The van der Waals surface area contributed by atoms with Crippen LogP contribution in [0.3, 0.4) is 0 Å². The van der Waals surface area contributed by atoms with Gasteiger partial charge in [-0.3, -0.25) is 9.59 Å². The lowest BCUT2D eigenvalue weighted by Gasteiger charge is -2.33. The number of nitrogens with zero attached hydrogens (tertiary/aromatic N) is 3. The fourth-order valence-corrected chi connectivity index (χ4v) is 3.31. The standard InChI is InChI=1S/C19H23N3O4/c1-13-11-14(2)22(20-13)17-5-3-15(4-6-17)19(25)21(12-18(23)24)16-7-9-26-10-8-16/h3-6,11,16H,7-10,12H2,1-2H3,(H,23,24). The largest absolute Gasteiger partial charge is 0.480 e. The molecular formula is C19H23N3O4. The molecule has 0 radical (unpaired) electrons. The molecule has 1 aliphatic heterocycles. The Labute approximate surface area is 152 Å². The van der Waals surface area contributed by atoms with E-state index in [-0.39, 0.29) is 18.5 Å². The van der Waals surface area contributed by atoms with Crippen LogP contribution < -0.4 is 0 Å². The van der Waals surface area contributed by atoms with Crippen LogP contribution in [0, 0.1) is 13.8 Å². The Morgan fingerprint density at radius 2 is 1.88 bits per heavy atom. The van der Waals surface area contributed by atoms with Gasteiger partial charge in [-0.25, -0.2) is 4.68 Å². The van der Waals surface area contributed by atoms with Gasteiger partial charge in [-0.2, -0.15) is 5.10 Å². The predicted octanol–water partition coefficient (Wildman–Crippen LogP) is 2.19. The van der Waals surface area contributed by atoms with E-state index in [2.05, 4.69) is 5.10 Å². The van der Waals surface area contributed by atoms with E-state index >= 15 is 0 Å². The van der Waals surface area contributed by atoms with Crippen LogP contribution >= 0.6 is 0 Å². The number of carbonyl (C=O) groups excluding carboxylic acids is 1. The summed E-state index contributed by atoms with van der Waals surface area (Å²) < 4.78 is 7.14. The zero-order valence-corrected chi connectivity index (χ0v) is 15.0. The Kier molecular flexibility index (Phi) is 5.37. The van der Waals surface area contributed by atoms with Gasteiger partial charge in [0, 0.05) is 30.5 Å². The van der Waals surface area contributed by atoms with Crippen molar-refractivity contribution in [3.63, 3.8) is 0 Å². The van der Waals surface area contributed by atoms with Crippen LogP contribution in [0.25, 0.3) is 5.69 Å². The first-order chi connectivity index (χ1) is 12.5. The maximum absolute atomic E-state index is 12.9. The second-order valence-corrected chi connectivity index (χ2v) is 6.56. The van der Waals surface area contributed by atoms with Gasteiger partial charge in [0.05, 0.1) is 11.4 Å². The van der Waals surface area contributed by atoms with Crippen LogP contribution in [0.4, 0.5) is 0 Å². The summed E-state index contributed by atoms with van der Waals surface area (Å²) in [6.45, 7) is 4.69. The van der Waals surface area contributed by atoms with Crippen molar-refractivity contribution in [3.8, 4) is 5.69 Å². The van der Waals surface area contributed by atoms with E-state index in [4.69, 9.17) is 4.74 Å². The van der Waals surface area contributed by atoms with Crippen LogP contribution in [-0.2, 0) is 9.53 Å². The fourth-order valence-electron chi connectivity index (χ4n) is 3.31. The van der Waals surface area contributed by atoms with Gasteiger partial charge in [0.15, 0.2) is 0 Å². The molecule has 0 spiro atoms. The average molecular weight is 357 g/mol. The van der Waals surface area contributed by atoms with Crippen molar-refractivity contribution in [3.05, 3.63) is 47.3 Å². The molecule has 3 rings (SSSR count). The SMILES string of the molecule is Cc1cc(C)n(-c2ccc(C(=O)N(CC(=O)O)C3CCOCC3)cc2)n1. The summed E-state index contributed by atoms with van der Waals surface area (Å²) in [7, 11) is 0. The Hall–Kier alpha value is -2.67. The minimum absolute atomic E-state index is 0.108. The van der Waals surface area contributed by atoms with Gasteiger partial charge in [-0.1, -0.05) is 0 Å². The number of carbonyl (C=O) groups is 2. The lowest BCUT2D eigenvalue weighted by molar-refractivity contribution is -0.138. The summed E-state index contributed by atoms with van der Waals surface area (Å²) in [6, 6.07) is 8.98. The van der Waals surface area contributed by atoms with Crippen molar-refractivity contribution in [2.45, 2.75) is 32.7 Å². The van der Waals surface area contributed by atoms with E-state index in [0.717, 1.165) is 17.1 Å². The number of hydrogen-bond acceptors (Lipinski definition) is 4. The van der Waals surface area contributed by atoms with Gasteiger partial charge in [-0.05, 0) is 57.0 Å². The van der Waals surface area contributed by atoms with Crippen molar-refractivity contribution in [1.29, 1.82) is 0 Å². The Bertz CT molecular complexity index is 792. The first kappa shape index (κ1) is 18.1. The molecule has 0 atom stereocenters. The van der Waals surface area contributed by atoms with Crippen LogP contribution in [0.15, 0.2) is 30.3 Å². The van der Waals surface area contributed by atoms with Gasteiger partial charge >= 0.3 is 5.97 Å². The summed E-state index contributed by atoms with van der Waals surface area (Å²) in [5.74, 6) is -1.27. The molecule has 7 heteroatoms. The van der Waals surface area contributed by atoms with Crippen LogP contribution in [0.1, 0.15) is 34.6 Å². The predicted molar refractivity (Wildman–Crippen MR) is 95.6 cm³/mol. The zero-order chi connectivity index (χ0) is 18.7. The van der Waals surface area contributed by atoms with Gasteiger partial charge in [-0.15, -0.1) is 0 Å². The summed E-state index contributed by atoms with van der Waals surface area (Å²) >= 11 is 0. The third kappa shape index (κ3) is 3.94. The molecule has 1 aliphatic rings. The van der Waals surface area contributed by atoms with E-state index in [1.165, 1.54) is 4.90 Å². The highest BCUT2D eigenvalue weighted by molar-refractivity contribution is 5.96. The number of aromatic nitrogens is 2. The molecular weight excluding hydrogens is 334 g/mol. The Morgan fingerprint density at radius 3 is 2.42 bits per heavy atom. The molecule has 0 bridgehead atoms. The highest BCUT2D eigenvalue weighted by Crippen LogP contribution is 2.19. The second-order valence-electron chi connectivity index (χ2n) is 6.56. The monoisotopic (exact) mass is 357 g/mol. The molecule has 138 valence electrons. The van der Waals surface area contributed by atoms with Gasteiger partial charge in [0.1, 0.15) is 6.54 Å². The molecule has 1 saturated heterocycles. The van der Waals surface area contributed by atoms with Gasteiger partial charge < -0.3 is 14.7 Å². The maximum atomic E-state index is 12.9. The van der Waals surface area contributed by atoms with Gasteiger partial charge in [0.25, 0.3) is 5.91 Å². The number of carboxylic acid groups (broad SMARTS) is 1. The average Bonchev–Trinajstić information content (AvgIpc) is 2.98. The van der Waals surface area contributed by atoms with Crippen molar-refractivity contribution >= 4 is 11.9 Å². The number of benzene rings is 1. The van der Waals surface area contributed by atoms with Gasteiger partial charge in [0.2, 0.25) is 0 Å². The highest BCUT2D eigenvalue weighted by Gasteiger charge is 2.28. The molecule has 1 amide bonds. The molecule has 0 saturated carbocycles. The molecule has 7 nitrogen and oxygen atoms in total. The van der Waals surface area contributed by atoms with E-state index in [9.17, 15) is 14.7 Å². The van der Waals surface area contributed by atoms with E-state index in [1.54, 1.807) is 12.1 Å². The third-order valence-corrected chi connectivity index (χ3v) is 4.57. The first-order valence-corrected chi connectivity index (χ1v) is 8.70. The number of rotatable bonds is 5. The second kappa shape index (κ2) is 7.70. The van der Waals surface area contributed by atoms with E-state index in [0.29, 0.717) is 31.6 Å². The molecule has 26 heavy (non-hydrogen) atoms. The molecule has 1 aromatic heterocycles. The topological polar surface area (TPSA) is 84.7 Å². The highest BCUT2D eigenvalue weighted by atomic mass is 16.5. The fraction of sp³-hybridized carbons (Fsp3) is 0.421. The number of ether oxygens (including phenoxy) is 1. The lowest BCUT2D eigenvalue weighted by Crippen LogP contribution is -2.46. The number of amides is 1. The normalized spacial score (nSPS) is 15.0. The number of hydrogen-bond donors (Lipinski definition) is 1. The molecule has 2 heterocycles. The van der Waals surface area contributed by atoms with Crippen LogP contribution in [-0.4, -0.2) is 57.5 Å². The lowest BCUT2D eigenvalue weighted by atomic mass is 10.0. The number of carboxylic acids is 1. The quantitative estimate of drug-likeness (QED) is 0.887. The van der Waals surface area contributed by atoms with Crippen molar-refractivity contribution in [1.82, 2.24) is 14.7 Å². The van der Waals surface area contributed by atoms with E-state index < -0.39 is 5.97 Å². The molecule has 1 aromatic carbocycles. The minimum atomic E-state index is -1.01. The summed E-state index contributed by atoms with van der Waals surface area (Å²) in [4.78, 5) is 25.6. The summed E-state index contributed by atoms with van der Waals surface area (Å²) in [6.07, 6.45) is 1.31. The van der Waals surface area contributed by atoms with E-state index in [1.807, 2.05) is 36.7 Å². The maximum Gasteiger partial charge on any atom is 0.323 e. The summed E-state index contributed by atoms with van der Waals surface area (Å²) in [5, 5.41) is 13.6. The molecule has 2 aromatic rings. The third-order valence-electron chi connectivity index (χ3n) is 4.57. The van der Waals surface area contributed by atoms with Crippen molar-refractivity contribution < 1.29 is 19.4 Å².